The second kappa shape index (κ2) is 5.61. The van der Waals surface area contributed by atoms with Crippen molar-refractivity contribution < 1.29 is 9.91 Å². The molecule has 2 aliphatic rings. The Labute approximate surface area is 103 Å². The molecule has 4 heteroatoms. The van der Waals surface area contributed by atoms with Crippen LogP contribution in [0.1, 0.15) is 51.9 Å². The molecule has 1 N–H and O–H groups in total. The first-order valence-electron chi connectivity index (χ1n) is 6.95. The fraction of sp³-hybridized carbons (Fsp3) is 0.923. The zero-order chi connectivity index (χ0) is 12.3. The summed E-state index contributed by atoms with van der Waals surface area (Å²) in [7, 11) is 0. The Morgan fingerprint density at radius 1 is 1.29 bits per heavy atom. The van der Waals surface area contributed by atoms with E-state index in [2.05, 4.69) is 5.11 Å². The number of hydrogen-bond acceptors (Lipinski definition) is 1. The fourth-order valence-corrected chi connectivity index (χ4v) is 3.42. The molecule has 0 aromatic rings. The van der Waals surface area contributed by atoms with Crippen molar-refractivity contribution in [3.05, 3.63) is 5.53 Å². The summed E-state index contributed by atoms with van der Waals surface area (Å²) in [6.07, 6.45) is 7.91. The van der Waals surface area contributed by atoms with Crippen LogP contribution >= 0.6 is 0 Å². The maximum atomic E-state index is 11.8. The Hall–Kier alpha value is -0.930. The lowest BCUT2D eigenvalue weighted by atomic mass is 9.79. The van der Waals surface area contributed by atoms with Gasteiger partial charge in [0.25, 0.3) is 0 Å². The maximum absolute atomic E-state index is 11.8. The van der Waals surface area contributed by atoms with Crippen molar-refractivity contribution in [3.63, 3.8) is 0 Å². The Kier molecular flexibility index (Phi) is 4.13. The van der Waals surface area contributed by atoms with Gasteiger partial charge in [-0.05, 0) is 11.8 Å². The van der Waals surface area contributed by atoms with Gasteiger partial charge in [0.1, 0.15) is 0 Å². The first-order chi connectivity index (χ1) is 8.26. The Morgan fingerprint density at radius 2 is 2.00 bits per heavy atom. The van der Waals surface area contributed by atoms with Crippen LogP contribution in [0.5, 0.6) is 0 Å². The highest BCUT2D eigenvalue weighted by atomic mass is 16.2. The smallest absolute Gasteiger partial charge is 0.227 e. The summed E-state index contributed by atoms with van der Waals surface area (Å²) >= 11 is 0. The number of likely N-dealkylation sites (tertiary alicyclic amines) is 1. The van der Waals surface area contributed by atoms with Crippen molar-refractivity contribution in [3.8, 4) is 0 Å². The van der Waals surface area contributed by atoms with Crippen molar-refractivity contribution in [2.75, 3.05) is 6.54 Å². The lowest BCUT2D eigenvalue weighted by molar-refractivity contribution is -0.545. The van der Waals surface area contributed by atoms with Gasteiger partial charge in [-0.3, -0.25) is 9.69 Å². The Bertz CT molecular complexity index is 286. The molecule has 2 unspecified atom stereocenters. The van der Waals surface area contributed by atoms with Crippen molar-refractivity contribution in [2.24, 2.45) is 11.8 Å². The van der Waals surface area contributed by atoms with E-state index in [4.69, 9.17) is 5.53 Å². The first kappa shape index (κ1) is 12.5. The van der Waals surface area contributed by atoms with E-state index in [0.717, 1.165) is 18.9 Å². The molecule has 96 valence electrons. The van der Waals surface area contributed by atoms with E-state index in [1.54, 1.807) is 0 Å². The van der Waals surface area contributed by atoms with Crippen LogP contribution in [0, 0.1) is 11.8 Å². The third-order valence-electron chi connectivity index (χ3n) is 4.42. The molecule has 1 saturated carbocycles. The molecule has 0 radical (unpaired) electrons. The van der Waals surface area contributed by atoms with Crippen LogP contribution in [0.3, 0.4) is 0 Å². The number of nitrogens with zero attached hydrogens (tertiary/aromatic N) is 2. The van der Waals surface area contributed by atoms with Gasteiger partial charge in [0, 0.05) is 19.4 Å². The molecule has 0 bridgehead atoms. The third-order valence-corrected chi connectivity index (χ3v) is 4.42. The minimum absolute atomic E-state index is 0.148. The van der Waals surface area contributed by atoms with Gasteiger partial charge in [-0.2, -0.15) is 0 Å². The largest absolute Gasteiger partial charge is 0.507 e. The highest BCUT2D eigenvalue weighted by Crippen LogP contribution is 2.36. The number of nitrogens with one attached hydrogen (secondary N) is 1. The average molecular weight is 237 g/mol. The molecule has 1 saturated heterocycles. The molecule has 0 aromatic heterocycles. The van der Waals surface area contributed by atoms with Crippen LogP contribution in [-0.2, 0) is 4.79 Å². The quantitative estimate of drug-likeness (QED) is 0.738. The predicted octanol–water partition coefficient (Wildman–Crippen LogP) is 1.25. The van der Waals surface area contributed by atoms with Crippen LogP contribution in [0.25, 0.3) is 5.53 Å². The molecule has 1 heterocycles. The van der Waals surface area contributed by atoms with Crippen molar-refractivity contribution in [1.29, 1.82) is 0 Å². The highest BCUT2D eigenvalue weighted by Gasteiger charge is 2.40. The van der Waals surface area contributed by atoms with Crippen LogP contribution in [0.4, 0.5) is 0 Å². The SMILES string of the molecule is CCC(=O)N1CC(C2CCCCC2)CC1[NH+]=[N-]. The van der Waals surface area contributed by atoms with Crippen molar-refractivity contribution >= 4 is 5.91 Å². The summed E-state index contributed by atoms with van der Waals surface area (Å²) in [5, 5.41) is 2.30. The first-order valence-corrected chi connectivity index (χ1v) is 6.95. The molecule has 1 amide bonds. The fourth-order valence-electron chi connectivity index (χ4n) is 3.42. The van der Waals surface area contributed by atoms with Gasteiger partial charge < -0.3 is 10.6 Å². The van der Waals surface area contributed by atoms with E-state index in [1.165, 1.54) is 32.1 Å². The van der Waals surface area contributed by atoms with E-state index >= 15 is 0 Å². The molecule has 2 fully saturated rings. The standard InChI is InChI=1S/C13H23N3O/c1-2-13(17)16-9-11(8-12(16)15-14)10-6-4-3-5-7-10/h10-12,15H,2-9H2,1H3. The van der Waals surface area contributed by atoms with Gasteiger partial charge in [0.05, 0.1) is 0 Å². The molecule has 0 spiro atoms. The minimum Gasteiger partial charge on any atom is -0.507 e. The topological polar surface area (TPSA) is 56.6 Å². The van der Waals surface area contributed by atoms with Crippen molar-refractivity contribution in [1.82, 2.24) is 4.90 Å². The molecular weight excluding hydrogens is 214 g/mol. The van der Waals surface area contributed by atoms with Gasteiger partial charge in [0.2, 0.25) is 12.1 Å². The minimum atomic E-state index is -0.158. The summed E-state index contributed by atoms with van der Waals surface area (Å²) in [4.78, 5) is 13.6. The molecule has 2 atom stereocenters. The van der Waals surface area contributed by atoms with E-state index in [-0.39, 0.29) is 12.1 Å². The summed E-state index contributed by atoms with van der Waals surface area (Å²) in [5.74, 6) is 1.49. The second-order valence-corrected chi connectivity index (χ2v) is 5.44. The lowest BCUT2D eigenvalue weighted by Gasteiger charge is -2.26. The van der Waals surface area contributed by atoms with E-state index < -0.39 is 0 Å². The zero-order valence-electron chi connectivity index (χ0n) is 10.7. The van der Waals surface area contributed by atoms with E-state index in [9.17, 15) is 4.79 Å². The molecular formula is C13H23N3O. The van der Waals surface area contributed by atoms with Crippen LogP contribution in [-0.4, -0.2) is 23.5 Å². The molecule has 2 rings (SSSR count). The van der Waals surface area contributed by atoms with Crippen LogP contribution in [0.2, 0.25) is 0 Å². The highest BCUT2D eigenvalue weighted by molar-refractivity contribution is 5.76. The van der Waals surface area contributed by atoms with Gasteiger partial charge in [-0.1, -0.05) is 39.0 Å². The molecule has 1 aliphatic heterocycles. The molecule has 17 heavy (non-hydrogen) atoms. The summed E-state index contributed by atoms with van der Waals surface area (Å²) in [6, 6.07) is 0. The second-order valence-electron chi connectivity index (χ2n) is 5.44. The zero-order valence-corrected chi connectivity index (χ0v) is 10.7. The third kappa shape index (κ3) is 2.67. The Balaban J connectivity index is 1.98. The number of amides is 1. The van der Waals surface area contributed by atoms with Crippen LogP contribution in [0.15, 0.2) is 0 Å². The number of rotatable bonds is 3. The normalized spacial score (nSPS) is 30.5. The number of carbonyl (C=O) groups excluding carboxylic acids is 1. The maximum Gasteiger partial charge on any atom is 0.227 e. The van der Waals surface area contributed by atoms with E-state index in [0.29, 0.717) is 12.3 Å². The monoisotopic (exact) mass is 237 g/mol. The van der Waals surface area contributed by atoms with Gasteiger partial charge in [-0.15, -0.1) is 0 Å². The Morgan fingerprint density at radius 3 is 2.59 bits per heavy atom. The number of hydrogen-bond donors (Lipinski definition) is 1. The van der Waals surface area contributed by atoms with Crippen molar-refractivity contribution in [2.45, 2.75) is 58.0 Å². The van der Waals surface area contributed by atoms with Crippen LogP contribution < -0.4 is 5.11 Å². The van der Waals surface area contributed by atoms with Gasteiger partial charge >= 0.3 is 0 Å². The number of carbonyl (C=O) groups is 1. The summed E-state index contributed by atoms with van der Waals surface area (Å²) in [5.41, 5.74) is 9.15. The average Bonchev–Trinajstić information content (AvgIpc) is 2.83. The van der Waals surface area contributed by atoms with E-state index in [1.807, 2.05) is 11.8 Å². The van der Waals surface area contributed by atoms with Gasteiger partial charge in [-0.25, -0.2) is 0 Å². The lowest BCUT2D eigenvalue weighted by Crippen LogP contribution is -2.76. The predicted molar refractivity (Wildman–Crippen MR) is 64.8 cm³/mol. The van der Waals surface area contributed by atoms with Gasteiger partial charge in [0.15, 0.2) is 0 Å². The summed E-state index contributed by atoms with van der Waals surface area (Å²) in [6.45, 7) is 2.71. The molecule has 0 aromatic carbocycles. The summed E-state index contributed by atoms with van der Waals surface area (Å²) < 4.78 is 0. The molecule has 1 aliphatic carbocycles. The molecule has 4 nitrogen and oxygen atoms in total.